The molecule has 3 aromatic rings. The minimum Gasteiger partial charge on any atom is -0.345 e. The molecule has 0 spiro atoms. The molecule has 3 rings (SSSR count). The average Bonchev–Trinajstić information content (AvgIpc) is 3.04. The van der Waals surface area contributed by atoms with Gasteiger partial charge in [0, 0.05) is 6.20 Å². The van der Waals surface area contributed by atoms with Gasteiger partial charge >= 0.3 is 0 Å². The first-order chi connectivity index (χ1) is 12.7. The number of nitrogens with one attached hydrogen (secondary N) is 1. The number of amides is 1. The SMILES string of the molecule is CC(C)c1noc2ncc(C(=O)N[C@H](C)c3cccc(S(N)(=O)=O)c3)cc12. The number of aromatic nitrogens is 2. The molecule has 0 bridgehead atoms. The Bertz CT molecular complexity index is 1110. The van der Waals surface area contributed by atoms with Gasteiger partial charge in [-0.2, -0.15) is 0 Å². The molecule has 8 nitrogen and oxygen atoms in total. The smallest absolute Gasteiger partial charge is 0.257 e. The molecule has 2 heterocycles. The molecule has 2 aromatic heterocycles. The van der Waals surface area contributed by atoms with Crippen molar-refractivity contribution in [2.75, 3.05) is 0 Å². The topological polar surface area (TPSA) is 128 Å². The van der Waals surface area contributed by atoms with Crippen LogP contribution in [0, 0.1) is 0 Å². The van der Waals surface area contributed by atoms with E-state index in [4.69, 9.17) is 9.66 Å². The Morgan fingerprint density at radius 2 is 1.96 bits per heavy atom. The number of nitrogens with zero attached hydrogens (tertiary/aromatic N) is 2. The molecule has 0 fully saturated rings. The van der Waals surface area contributed by atoms with Crippen molar-refractivity contribution in [2.24, 2.45) is 5.14 Å². The lowest BCUT2D eigenvalue weighted by atomic mass is 10.1. The van der Waals surface area contributed by atoms with E-state index in [0.717, 1.165) is 5.69 Å². The summed E-state index contributed by atoms with van der Waals surface area (Å²) in [5, 5.41) is 12.7. The van der Waals surface area contributed by atoms with Gasteiger partial charge in [-0.3, -0.25) is 4.79 Å². The second-order valence-electron chi connectivity index (χ2n) is 6.61. The minimum atomic E-state index is -3.81. The van der Waals surface area contributed by atoms with E-state index in [-0.39, 0.29) is 16.7 Å². The number of hydrogen-bond acceptors (Lipinski definition) is 6. The van der Waals surface area contributed by atoms with E-state index in [9.17, 15) is 13.2 Å². The van der Waals surface area contributed by atoms with Gasteiger partial charge in [0.1, 0.15) is 0 Å². The molecule has 1 amide bonds. The number of rotatable bonds is 5. The highest BCUT2D eigenvalue weighted by atomic mass is 32.2. The summed E-state index contributed by atoms with van der Waals surface area (Å²) in [5.41, 5.74) is 2.10. The van der Waals surface area contributed by atoms with E-state index in [0.29, 0.717) is 22.2 Å². The van der Waals surface area contributed by atoms with Crippen molar-refractivity contribution < 1.29 is 17.7 Å². The first-order valence-electron chi connectivity index (χ1n) is 8.35. The van der Waals surface area contributed by atoms with Crippen molar-refractivity contribution in [3.8, 4) is 0 Å². The molecular weight excluding hydrogens is 368 g/mol. The molecule has 0 saturated heterocycles. The third kappa shape index (κ3) is 3.99. The van der Waals surface area contributed by atoms with Gasteiger partial charge in [0.2, 0.25) is 10.0 Å². The van der Waals surface area contributed by atoms with Gasteiger partial charge in [-0.05, 0) is 36.6 Å². The number of fused-ring (bicyclic) bond motifs is 1. The van der Waals surface area contributed by atoms with Crippen LogP contribution in [0.2, 0.25) is 0 Å². The zero-order chi connectivity index (χ0) is 19.8. The number of sulfonamides is 1. The Morgan fingerprint density at radius 1 is 1.22 bits per heavy atom. The molecule has 0 aliphatic heterocycles. The lowest BCUT2D eigenvalue weighted by Crippen LogP contribution is -2.27. The molecule has 9 heteroatoms. The number of nitrogens with two attached hydrogens (primary N) is 1. The Morgan fingerprint density at radius 3 is 2.63 bits per heavy atom. The highest BCUT2D eigenvalue weighted by Gasteiger charge is 2.18. The van der Waals surface area contributed by atoms with Crippen molar-refractivity contribution in [3.05, 3.63) is 53.3 Å². The number of carbonyl (C=O) groups excluding carboxylic acids is 1. The zero-order valence-electron chi connectivity index (χ0n) is 15.1. The van der Waals surface area contributed by atoms with Crippen LogP contribution in [0.5, 0.6) is 0 Å². The molecule has 0 unspecified atom stereocenters. The second-order valence-corrected chi connectivity index (χ2v) is 8.17. The summed E-state index contributed by atoms with van der Waals surface area (Å²) in [7, 11) is -3.81. The molecule has 142 valence electrons. The summed E-state index contributed by atoms with van der Waals surface area (Å²) < 4.78 is 28.2. The Balaban J connectivity index is 1.85. The van der Waals surface area contributed by atoms with E-state index in [1.165, 1.54) is 18.3 Å². The Kier molecular flexibility index (Phi) is 4.99. The third-order valence-electron chi connectivity index (χ3n) is 4.20. The molecule has 0 saturated carbocycles. The van der Waals surface area contributed by atoms with E-state index in [2.05, 4.69) is 15.5 Å². The van der Waals surface area contributed by atoms with Crippen LogP contribution in [-0.4, -0.2) is 24.5 Å². The monoisotopic (exact) mass is 388 g/mol. The fourth-order valence-corrected chi connectivity index (χ4v) is 3.28. The first kappa shape index (κ1) is 19.0. The minimum absolute atomic E-state index is 0.00441. The Labute approximate surface area is 156 Å². The summed E-state index contributed by atoms with van der Waals surface area (Å²) in [6.45, 7) is 5.71. The summed E-state index contributed by atoms with van der Waals surface area (Å²) in [6.07, 6.45) is 1.42. The molecule has 27 heavy (non-hydrogen) atoms. The van der Waals surface area contributed by atoms with Crippen molar-refractivity contribution in [1.82, 2.24) is 15.5 Å². The van der Waals surface area contributed by atoms with Gasteiger partial charge in [0.15, 0.2) is 0 Å². The maximum Gasteiger partial charge on any atom is 0.257 e. The second kappa shape index (κ2) is 7.09. The molecular formula is C18H20N4O4S. The standard InChI is InChI=1S/C18H20N4O4S/c1-10(2)16-15-8-13(9-20-18(15)26-22-16)17(23)21-11(3)12-5-4-6-14(7-12)27(19,24)25/h4-11H,1-3H3,(H,21,23)(H2,19,24,25)/t11-/m1/s1. The van der Waals surface area contributed by atoms with Gasteiger partial charge < -0.3 is 9.84 Å². The van der Waals surface area contributed by atoms with Gasteiger partial charge in [-0.1, -0.05) is 31.1 Å². The lowest BCUT2D eigenvalue weighted by Gasteiger charge is -2.15. The van der Waals surface area contributed by atoms with E-state index >= 15 is 0 Å². The zero-order valence-corrected chi connectivity index (χ0v) is 15.9. The average molecular weight is 388 g/mol. The van der Waals surface area contributed by atoms with Crippen molar-refractivity contribution in [2.45, 2.75) is 37.6 Å². The number of benzene rings is 1. The van der Waals surface area contributed by atoms with Crippen molar-refractivity contribution in [3.63, 3.8) is 0 Å². The summed E-state index contributed by atoms with van der Waals surface area (Å²) in [6, 6.07) is 7.41. The molecule has 1 atom stereocenters. The van der Waals surface area contributed by atoms with Crippen LogP contribution in [0.4, 0.5) is 0 Å². The largest absolute Gasteiger partial charge is 0.345 e. The van der Waals surface area contributed by atoms with Crippen LogP contribution < -0.4 is 10.5 Å². The number of pyridine rings is 1. The van der Waals surface area contributed by atoms with Crippen LogP contribution in [0.1, 0.15) is 54.3 Å². The van der Waals surface area contributed by atoms with Crippen molar-refractivity contribution in [1.29, 1.82) is 0 Å². The molecule has 0 aliphatic rings. The highest BCUT2D eigenvalue weighted by molar-refractivity contribution is 7.89. The normalized spacial score (nSPS) is 13.1. The molecule has 1 aromatic carbocycles. The van der Waals surface area contributed by atoms with Gasteiger partial charge in [0.05, 0.1) is 27.6 Å². The van der Waals surface area contributed by atoms with Crippen LogP contribution in [0.15, 0.2) is 45.9 Å². The van der Waals surface area contributed by atoms with E-state index in [1.807, 2.05) is 13.8 Å². The number of carbonyl (C=O) groups is 1. The summed E-state index contributed by atoms with van der Waals surface area (Å²) in [5.74, 6) is -0.208. The van der Waals surface area contributed by atoms with Crippen molar-refractivity contribution >= 4 is 27.0 Å². The maximum absolute atomic E-state index is 12.6. The lowest BCUT2D eigenvalue weighted by molar-refractivity contribution is 0.0939. The van der Waals surface area contributed by atoms with Crippen LogP contribution >= 0.6 is 0 Å². The predicted octanol–water partition coefficient (Wildman–Crippen LogP) is 2.48. The fourth-order valence-electron chi connectivity index (χ4n) is 2.71. The third-order valence-corrected chi connectivity index (χ3v) is 5.11. The first-order valence-corrected chi connectivity index (χ1v) is 9.90. The predicted molar refractivity (Wildman–Crippen MR) is 99.6 cm³/mol. The number of hydrogen-bond donors (Lipinski definition) is 2. The summed E-state index contributed by atoms with van der Waals surface area (Å²) in [4.78, 5) is 16.8. The van der Waals surface area contributed by atoms with Gasteiger partial charge in [-0.15, -0.1) is 0 Å². The fraction of sp³-hybridized carbons (Fsp3) is 0.278. The quantitative estimate of drug-likeness (QED) is 0.691. The van der Waals surface area contributed by atoms with Crippen LogP contribution in [0.3, 0.4) is 0 Å². The summed E-state index contributed by atoms with van der Waals surface area (Å²) >= 11 is 0. The molecule has 0 radical (unpaired) electrons. The van der Waals surface area contributed by atoms with Crippen LogP contribution in [0.25, 0.3) is 11.1 Å². The van der Waals surface area contributed by atoms with E-state index < -0.39 is 16.1 Å². The van der Waals surface area contributed by atoms with Gasteiger partial charge in [0.25, 0.3) is 11.6 Å². The Hall–Kier alpha value is -2.78. The number of primary sulfonamides is 1. The molecule has 0 aliphatic carbocycles. The molecule has 3 N–H and O–H groups in total. The highest BCUT2D eigenvalue weighted by Crippen LogP contribution is 2.24. The van der Waals surface area contributed by atoms with Gasteiger partial charge in [-0.25, -0.2) is 18.5 Å². The maximum atomic E-state index is 12.6. The van der Waals surface area contributed by atoms with E-state index in [1.54, 1.807) is 25.1 Å². The van der Waals surface area contributed by atoms with Crippen LogP contribution in [-0.2, 0) is 10.0 Å².